The fourth-order valence-corrected chi connectivity index (χ4v) is 3.66. The maximum atomic E-state index is 11.4. The smallest absolute Gasteiger partial charge is 0.343 e. The quantitative estimate of drug-likeness (QED) is 0.212. The van der Waals surface area contributed by atoms with Gasteiger partial charge in [0.1, 0.15) is 6.10 Å². The normalized spacial score (nSPS) is 11.6. The fraction of sp³-hybridized carbons (Fsp3) is 0.250. The SMILES string of the molecule is COC(=O)COc1cccc2c(COC(C)(C)OC(c3ccccc3)c3ccccc3)coc12. The number of carbonyl (C=O) groups excluding carboxylic acids is 1. The molecule has 0 unspecified atom stereocenters. The molecule has 0 saturated heterocycles. The third-order valence-electron chi connectivity index (χ3n) is 5.40. The van der Waals surface area contributed by atoms with Gasteiger partial charge in [-0.15, -0.1) is 0 Å². The van der Waals surface area contributed by atoms with Gasteiger partial charge in [-0.1, -0.05) is 72.8 Å². The van der Waals surface area contributed by atoms with Crippen LogP contribution in [0.15, 0.2) is 89.5 Å². The van der Waals surface area contributed by atoms with Crippen molar-refractivity contribution in [3.05, 3.63) is 102 Å². The molecule has 4 rings (SSSR count). The van der Waals surface area contributed by atoms with Gasteiger partial charge in [0.25, 0.3) is 0 Å². The molecule has 0 N–H and O–H groups in total. The number of esters is 1. The van der Waals surface area contributed by atoms with E-state index in [1.165, 1.54) is 7.11 Å². The van der Waals surface area contributed by atoms with Crippen LogP contribution in [0.4, 0.5) is 0 Å². The highest BCUT2D eigenvalue weighted by Gasteiger charge is 2.27. The zero-order valence-electron chi connectivity index (χ0n) is 19.5. The third kappa shape index (κ3) is 5.65. The summed E-state index contributed by atoms with van der Waals surface area (Å²) < 4.78 is 28.6. The summed E-state index contributed by atoms with van der Waals surface area (Å²) in [6, 6.07) is 25.7. The van der Waals surface area contributed by atoms with E-state index in [1.807, 2.05) is 86.6 Å². The predicted octanol–water partition coefficient (Wildman–Crippen LogP) is 6.04. The van der Waals surface area contributed by atoms with Crippen LogP contribution in [0.3, 0.4) is 0 Å². The number of methoxy groups -OCH3 is 1. The van der Waals surface area contributed by atoms with E-state index in [0.29, 0.717) is 11.3 Å². The van der Waals surface area contributed by atoms with E-state index < -0.39 is 11.8 Å². The number of para-hydroxylation sites is 1. The van der Waals surface area contributed by atoms with Gasteiger partial charge in [0.05, 0.1) is 20.0 Å². The van der Waals surface area contributed by atoms with E-state index in [2.05, 4.69) is 4.74 Å². The number of hydrogen-bond donors (Lipinski definition) is 0. The Morgan fingerprint density at radius 1 is 0.912 bits per heavy atom. The third-order valence-corrected chi connectivity index (χ3v) is 5.40. The van der Waals surface area contributed by atoms with Crippen molar-refractivity contribution in [1.82, 2.24) is 0 Å². The van der Waals surface area contributed by atoms with Crippen molar-refractivity contribution in [1.29, 1.82) is 0 Å². The average Bonchev–Trinajstić information content (AvgIpc) is 3.29. The molecule has 0 aliphatic rings. The lowest BCUT2D eigenvalue weighted by molar-refractivity contribution is -0.237. The highest BCUT2D eigenvalue weighted by molar-refractivity contribution is 5.86. The molecule has 0 bridgehead atoms. The summed E-state index contributed by atoms with van der Waals surface area (Å²) in [5.74, 6) is -0.880. The van der Waals surface area contributed by atoms with Gasteiger partial charge < -0.3 is 23.4 Å². The lowest BCUT2D eigenvalue weighted by atomic mass is 10.0. The molecule has 176 valence electrons. The molecule has 0 saturated carbocycles. The molecule has 0 amide bonds. The van der Waals surface area contributed by atoms with Gasteiger partial charge in [-0.3, -0.25) is 0 Å². The minimum Gasteiger partial charge on any atom is -0.478 e. The van der Waals surface area contributed by atoms with E-state index in [-0.39, 0.29) is 19.3 Å². The monoisotopic (exact) mass is 460 g/mol. The van der Waals surface area contributed by atoms with Gasteiger partial charge in [-0.25, -0.2) is 4.79 Å². The Bertz CT molecular complexity index is 1170. The van der Waals surface area contributed by atoms with Crippen molar-refractivity contribution in [3.63, 3.8) is 0 Å². The van der Waals surface area contributed by atoms with Gasteiger partial charge in [0, 0.05) is 10.9 Å². The van der Waals surface area contributed by atoms with Gasteiger partial charge in [0.2, 0.25) is 0 Å². The molecule has 0 spiro atoms. The first-order valence-electron chi connectivity index (χ1n) is 11.1. The Balaban J connectivity index is 1.49. The molecule has 34 heavy (non-hydrogen) atoms. The largest absolute Gasteiger partial charge is 0.478 e. The molecule has 0 fully saturated rings. The van der Waals surface area contributed by atoms with Crippen LogP contribution in [-0.2, 0) is 25.6 Å². The van der Waals surface area contributed by atoms with Crippen LogP contribution in [0.2, 0.25) is 0 Å². The minimum atomic E-state index is -0.890. The van der Waals surface area contributed by atoms with E-state index in [0.717, 1.165) is 22.1 Å². The van der Waals surface area contributed by atoms with Gasteiger partial charge in [0.15, 0.2) is 23.7 Å². The first-order valence-corrected chi connectivity index (χ1v) is 11.1. The highest BCUT2D eigenvalue weighted by atomic mass is 16.7. The maximum absolute atomic E-state index is 11.4. The number of hydrogen-bond acceptors (Lipinski definition) is 6. The number of furan rings is 1. The fourth-order valence-electron chi connectivity index (χ4n) is 3.66. The summed E-state index contributed by atoms with van der Waals surface area (Å²) in [4.78, 5) is 11.4. The van der Waals surface area contributed by atoms with E-state index in [1.54, 1.807) is 12.3 Å². The molecule has 0 atom stereocenters. The maximum Gasteiger partial charge on any atom is 0.343 e. The van der Waals surface area contributed by atoms with Gasteiger partial charge >= 0.3 is 5.97 Å². The standard InChI is InChI=1S/C28H28O6/c1-28(2,34-26(20-11-6-4-7-12-20)21-13-8-5-9-14-21)33-18-22-17-32-27-23(22)15-10-16-24(27)31-19-25(29)30-3/h4-17,26H,18-19H2,1-3H3. The molecule has 0 radical (unpaired) electrons. The Kier molecular flexibility index (Phi) is 7.30. The van der Waals surface area contributed by atoms with Crippen molar-refractivity contribution in [2.75, 3.05) is 13.7 Å². The lowest BCUT2D eigenvalue weighted by Gasteiger charge is -2.31. The van der Waals surface area contributed by atoms with Crippen LogP contribution < -0.4 is 4.74 Å². The number of carbonyl (C=O) groups is 1. The zero-order valence-corrected chi connectivity index (χ0v) is 19.5. The van der Waals surface area contributed by atoms with Crippen LogP contribution in [0, 0.1) is 0 Å². The Morgan fingerprint density at radius 3 is 2.18 bits per heavy atom. The second-order valence-corrected chi connectivity index (χ2v) is 8.27. The Morgan fingerprint density at radius 2 is 1.56 bits per heavy atom. The molecular weight excluding hydrogens is 432 g/mol. The van der Waals surface area contributed by atoms with Crippen LogP contribution in [-0.4, -0.2) is 25.5 Å². The number of ether oxygens (including phenoxy) is 4. The molecule has 1 aromatic heterocycles. The second kappa shape index (κ2) is 10.5. The van der Waals surface area contributed by atoms with Gasteiger partial charge in [-0.05, 0) is 31.0 Å². The van der Waals surface area contributed by atoms with E-state index in [4.69, 9.17) is 18.6 Å². The van der Waals surface area contributed by atoms with Crippen molar-refractivity contribution in [3.8, 4) is 5.75 Å². The van der Waals surface area contributed by atoms with Crippen LogP contribution >= 0.6 is 0 Å². The van der Waals surface area contributed by atoms with Crippen LogP contribution in [0.5, 0.6) is 5.75 Å². The summed E-state index contributed by atoms with van der Waals surface area (Å²) >= 11 is 0. The summed E-state index contributed by atoms with van der Waals surface area (Å²) in [7, 11) is 1.32. The lowest BCUT2D eigenvalue weighted by Crippen LogP contribution is -2.30. The van der Waals surface area contributed by atoms with Crippen LogP contribution in [0.25, 0.3) is 11.0 Å². The van der Waals surface area contributed by atoms with E-state index >= 15 is 0 Å². The second-order valence-electron chi connectivity index (χ2n) is 8.27. The van der Waals surface area contributed by atoms with Crippen molar-refractivity contribution in [2.45, 2.75) is 32.3 Å². The van der Waals surface area contributed by atoms with Crippen molar-refractivity contribution < 1.29 is 28.2 Å². The molecule has 0 aliphatic heterocycles. The van der Waals surface area contributed by atoms with Gasteiger partial charge in [-0.2, -0.15) is 0 Å². The molecule has 6 nitrogen and oxygen atoms in total. The molecule has 3 aromatic carbocycles. The minimum absolute atomic E-state index is 0.191. The average molecular weight is 461 g/mol. The summed E-state index contributed by atoms with van der Waals surface area (Å²) in [5, 5.41) is 0.848. The molecule has 1 heterocycles. The zero-order chi connectivity index (χ0) is 24.0. The first-order chi connectivity index (χ1) is 16.5. The van der Waals surface area contributed by atoms with Crippen LogP contribution in [0.1, 0.15) is 36.6 Å². The van der Waals surface area contributed by atoms with Crippen molar-refractivity contribution >= 4 is 16.9 Å². The first kappa shape index (κ1) is 23.5. The summed E-state index contributed by atoms with van der Waals surface area (Å²) in [6.45, 7) is 3.89. The highest BCUT2D eigenvalue weighted by Crippen LogP contribution is 2.34. The number of fused-ring (bicyclic) bond motifs is 1. The van der Waals surface area contributed by atoms with E-state index in [9.17, 15) is 4.79 Å². The predicted molar refractivity (Wildman–Crippen MR) is 128 cm³/mol. The topological polar surface area (TPSA) is 67.1 Å². The summed E-state index contributed by atoms with van der Waals surface area (Å²) in [6.07, 6.45) is 1.36. The molecule has 4 aromatic rings. The Labute approximate surface area is 199 Å². The van der Waals surface area contributed by atoms with Crippen molar-refractivity contribution in [2.24, 2.45) is 0 Å². The summed E-state index contributed by atoms with van der Waals surface area (Å²) in [5.41, 5.74) is 3.50. The number of benzene rings is 3. The molecule has 0 aliphatic carbocycles. The Hall–Kier alpha value is -3.61. The molecular formula is C28H28O6. The molecule has 6 heteroatoms. The number of rotatable bonds is 10.